The second kappa shape index (κ2) is 7.07. The van der Waals surface area contributed by atoms with Crippen molar-refractivity contribution in [2.24, 2.45) is 0 Å². The molecule has 0 fully saturated rings. The van der Waals surface area contributed by atoms with Crippen molar-refractivity contribution in [3.05, 3.63) is 65.5 Å². The van der Waals surface area contributed by atoms with Crippen LogP contribution in [-0.2, 0) is 11.2 Å². The van der Waals surface area contributed by atoms with Gasteiger partial charge < -0.3 is 9.73 Å². The Hall–Kier alpha value is -3.81. The van der Waals surface area contributed by atoms with E-state index in [1.807, 2.05) is 30.3 Å². The molecule has 0 radical (unpaired) electrons. The van der Waals surface area contributed by atoms with Crippen LogP contribution in [0, 0.1) is 0 Å². The average Bonchev–Trinajstić information content (AvgIpc) is 3.27. The Kier molecular flexibility index (Phi) is 4.44. The van der Waals surface area contributed by atoms with E-state index in [1.54, 1.807) is 12.1 Å². The highest BCUT2D eigenvalue weighted by molar-refractivity contribution is 6.21. The van der Waals surface area contributed by atoms with E-state index >= 15 is 0 Å². The number of hydrogen-bond acceptors (Lipinski definition) is 6. The van der Waals surface area contributed by atoms with E-state index in [2.05, 4.69) is 15.5 Å². The van der Waals surface area contributed by atoms with E-state index in [0.717, 1.165) is 10.5 Å². The van der Waals surface area contributed by atoms with Gasteiger partial charge in [0.05, 0.1) is 11.1 Å². The van der Waals surface area contributed by atoms with Crippen molar-refractivity contribution >= 4 is 23.4 Å². The predicted octanol–water partition coefficient (Wildman–Crippen LogP) is 2.53. The van der Waals surface area contributed by atoms with Gasteiger partial charge in [0.2, 0.25) is 17.7 Å². The molecular formula is C20H16N4O4. The van der Waals surface area contributed by atoms with E-state index in [-0.39, 0.29) is 36.1 Å². The molecule has 140 valence electrons. The average molecular weight is 376 g/mol. The molecule has 0 bridgehead atoms. The summed E-state index contributed by atoms with van der Waals surface area (Å²) >= 11 is 0. The van der Waals surface area contributed by atoms with Crippen LogP contribution in [0.15, 0.2) is 52.9 Å². The van der Waals surface area contributed by atoms with Gasteiger partial charge in [0.25, 0.3) is 11.8 Å². The zero-order valence-corrected chi connectivity index (χ0v) is 15.0. The molecule has 0 saturated heterocycles. The fourth-order valence-electron chi connectivity index (χ4n) is 2.93. The minimum Gasteiger partial charge on any atom is -0.421 e. The van der Waals surface area contributed by atoms with E-state index < -0.39 is 0 Å². The van der Waals surface area contributed by atoms with Crippen LogP contribution in [0.2, 0.25) is 0 Å². The molecule has 3 amide bonds. The lowest BCUT2D eigenvalue weighted by molar-refractivity contribution is -0.116. The fraction of sp³-hybridized carbons (Fsp3) is 0.150. The van der Waals surface area contributed by atoms with Gasteiger partial charge >= 0.3 is 0 Å². The number of nitrogens with one attached hydrogen (secondary N) is 1. The molecule has 0 aliphatic carbocycles. The lowest BCUT2D eigenvalue weighted by Gasteiger charge is -2.05. The van der Waals surface area contributed by atoms with Crippen molar-refractivity contribution in [2.75, 3.05) is 12.4 Å². The molecule has 0 saturated carbocycles. The minimum atomic E-state index is -0.379. The third-order valence-corrected chi connectivity index (χ3v) is 4.43. The number of fused-ring (bicyclic) bond motifs is 1. The number of aromatic nitrogens is 2. The van der Waals surface area contributed by atoms with Gasteiger partial charge in [-0.05, 0) is 30.3 Å². The van der Waals surface area contributed by atoms with Crippen LogP contribution in [0.4, 0.5) is 5.69 Å². The zero-order chi connectivity index (χ0) is 19.7. The van der Waals surface area contributed by atoms with Gasteiger partial charge in [-0.25, -0.2) is 0 Å². The van der Waals surface area contributed by atoms with Gasteiger partial charge in [-0.2, -0.15) is 0 Å². The number of benzene rings is 2. The number of nitrogens with zero attached hydrogens (tertiary/aromatic N) is 3. The molecule has 8 nitrogen and oxygen atoms in total. The maximum absolute atomic E-state index is 12.2. The first kappa shape index (κ1) is 17.6. The Morgan fingerprint density at radius 3 is 2.57 bits per heavy atom. The Morgan fingerprint density at radius 2 is 1.79 bits per heavy atom. The van der Waals surface area contributed by atoms with Gasteiger partial charge in [0.15, 0.2) is 0 Å². The number of carbonyl (C=O) groups excluding carboxylic acids is 3. The van der Waals surface area contributed by atoms with E-state index in [1.165, 1.54) is 13.1 Å². The first-order chi connectivity index (χ1) is 13.5. The Balaban J connectivity index is 1.38. The lowest BCUT2D eigenvalue weighted by Crippen LogP contribution is -2.24. The highest BCUT2D eigenvalue weighted by Gasteiger charge is 2.32. The summed E-state index contributed by atoms with van der Waals surface area (Å²) in [4.78, 5) is 37.2. The molecule has 1 aliphatic rings. The second-order valence-corrected chi connectivity index (χ2v) is 6.34. The summed E-state index contributed by atoms with van der Waals surface area (Å²) in [5.74, 6) is -0.212. The van der Waals surface area contributed by atoms with E-state index in [9.17, 15) is 14.4 Å². The summed E-state index contributed by atoms with van der Waals surface area (Å²) in [6.45, 7) is 0. The quantitative estimate of drug-likeness (QED) is 0.686. The number of aryl methyl sites for hydroxylation is 1. The van der Waals surface area contributed by atoms with Crippen molar-refractivity contribution in [3.63, 3.8) is 0 Å². The van der Waals surface area contributed by atoms with Gasteiger partial charge in [0.1, 0.15) is 0 Å². The predicted molar refractivity (Wildman–Crippen MR) is 99.6 cm³/mol. The number of carbonyl (C=O) groups is 3. The zero-order valence-electron chi connectivity index (χ0n) is 15.0. The van der Waals surface area contributed by atoms with Crippen molar-refractivity contribution in [3.8, 4) is 11.5 Å². The van der Waals surface area contributed by atoms with Crippen molar-refractivity contribution < 1.29 is 18.8 Å². The smallest absolute Gasteiger partial charge is 0.261 e. The Bertz CT molecular complexity index is 1070. The van der Waals surface area contributed by atoms with Crippen molar-refractivity contribution in [1.29, 1.82) is 0 Å². The third kappa shape index (κ3) is 3.27. The molecule has 3 aromatic rings. The number of hydrogen-bond donors (Lipinski definition) is 1. The summed E-state index contributed by atoms with van der Waals surface area (Å²) in [5, 5.41) is 10.7. The number of anilines is 1. The maximum Gasteiger partial charge on any atom is 0.261 e. The number of amides is 3. The second-order valence-electron chi connectivity index (χ2n) is 6.34. The molecule has 1 aliphatic heterocycles. The lowest BCUT2D eigenvalue weighted by atomic mass is 10.1. The number of rotatable bonds is 5. The largest absolute Gasteiger partial charge is 0.421 e. The van der Waals surface area contributed by atoms with Crippen LogP contribution in [0.5, 0.6) is 0 Å². The topological polar surface area (TPSA) is 105 Å². The molecule has 2 heterocycles. The molecule has 28 heavy (non-hydrogen) atoms. The summed E-state index contributed by atoms with van der Waals surface area (Å²) in [5.41, 5.74) is 1.89. The molecule has 0 atom stereocenters. The van der Waals surface area contributed by atoms with Crippen LogP contribution in [0.1, 0.15) is 33.0 Å². The third-order valence-electron chi connectivity index (χ3n) is 4.43. The van der Waals surface area contributed by atoms with Crippen molar-refractivity contribution in [1.82, 2.24) is 15.1 Å². The molecule has 0 unspecified atom stereocenters. The standard InChI is InChI=1S/C20H16N4O4/c1-24-19(26)14-8-7-13(11-15(14)20(24)27)21-16(25)9-10-17-22-23-18(28-17)12-5-3-2-4-6-12/h2-8,11H,9-10H2,1H3,(H,21,25). The Morgan fingerprint density at radius 1 is 1.04 bits per heavy atom. The molecule has 0 spiro atoms. The molecule has 1 N–H and O–H groups in total. The molecular weight excluding hydrogens is 360 g/mol. The normalized spacial score (nSPS) is 13.0. The summed E-state index contributed by atoms with van der Waals surface area (Å²) in [7, 11) is 1.43. The van der Waals surface area contributed by atoms with Crippen LogP contribution < -0.4 is 5.32 Å². The highest BCUT2D eigenvalue weighted by atomic mass is 16.4. The highest BCUT2D eigenvalue weighted by Crippen LogP contribution is 2.25. The van der Waals surface area contributed by atoms with Crippen LogP contribution in [-0.4, -0.2) is 39.9 Å². The monoisotopic (exact) mass is 376 g/mol. The van der Waals surface area contributed by atoms with Crippen molar-refractivity contribution in [2.45, 2.75) is 12.8 Å². The molecule has 4 rings (SSSR count). The van der Waals surface area contributed by atoms with Gasteiger partial charge in [-0.15, -0.1) is 10.2 Å². The van der Waals surface area contributed by atoms with Crippen LogP contribution in [0.25, 0.3) is 11.5 Å². The van der Waals surface area contributed by atoms with Gasteiger partial charge in [-0.1, -0.05) is 18.2 Å². The van der Waals surface area contributed by atoms with E-state index in [4.69, 9.17) is 4.42 Å². The van der Waals surface area contributed by atoms with Crippen LogP contribution >= 0.6 is 0 Å². The fourth-order valence-corrected chi connectivity index (χ4v) is 2.93. The summed E-state index contributed by atoms with van der Waals surface area (Å²) < 4.78 is 5.58. The summed E-state index contributed by atoms with van der Waals surface area (Å²) in [6.07, 6.45) is 0.428. The van der Waals surface area contributed by atoms with Gasteiger partial charge in [-0.3, -0.25) is 19.3 Å². The summed E-state index contributed by atoms with van der Waals surface area (Å²) in [6, 6.07) is 14.0. The van der Waals surface area contributed by atoms with Gasteiger partial charge in [0, 0.05) is 31.1 Å². The number of imide groups is 1. The maximum atomic E-state index is 12.2. The molecule has 8 heteroatoms. The van der Waals surface area contributed by atoms with Crippen LogP contribution in [0.3, 0.4) is 0 Å². The first-order valence-electron chi connectivity index (χ1n) is 8.67. The molecule has 1 aromatic heterocycles. The first-order valence-corrected chi connectivity index (χ1v) is 8.67. The Labute approximate surface area is 160 Å². The SMILES string of the molecule is CN1C(=O)c2ccc(NC(=O)CCc3nnc(-c4ccccc4)o3)cc2C1=O. The minimum absolute atomic E-state index is 0.139. The van der Waals surface area contributed by atoms with E-state index in [0.29, 0.717) is 23.0 Å². The molecule has 2 aromatic carbocycles.